The van der Waals surface area contributed by atoms with Crippen LogP contribution < -0.4 is 5.32 Å². The predicted octanol–water partition coefficient (Wildman–Crippen LogP) is 13.0. The maximum atomic E-state index is 12.4. The SMILES string of the molecule is CCCCCCCCCC/C=C/CCCC(O)C(O)C(CO)NC(=O)CCCCCCCCCC/C=C\CCCCCCCCCCCCCC. The number of nitrogens with one attached hydrogen (secondary N) is 1. The van der Waals surface area contributed by atoms with Crippen LogP contribution in [0.5, 0.6) is 0 Å². The van der Waals surface area contributed by atoms with E-state index in [1.807, 2.05) is 0 Å². The molecule has 0 aliphatic heterocycles. The second kappa shape index (κ2) is 41.6. The summed E-state index contributed by atoms with van der Waals surface area (Å²) in [6.45, 7) is 4.17. The molecule has 0 radical (unpaired) electrons. The van der Waals surface area contributed by atoms with Gasteiger partial charge in [0.2, 0.25) is 5.91 Å². The van der Waals surface area contributed by atoms with Gasteiger partial charge in [-0.15, -0.1) is 0 Å². The Kier molecular flexibility index (Phi) is 40.6. The Balaban J connectivity index is 3.61. The molecule has 0 aliphatic carbocycles. The van der Waals surface area contributed by atoms with Crippen LogP contribution in [0.1, 0.15) is 239 Å². The molecule has 0 fully saturated rings. The number of aliphatic hydroxyl groups excluding tert-OH is 3. The molecule has 3 atom stereocenters. The largest absolute Gasteiger partial charge is 0.394 e. The van der Waals surface area contributed by atoms with E-state index in [0.717, 1.165) is 38.5 Å². The third-order valence-electron chi connectivity index (χ3n) is 10.5. The van der Waals surface area contributed by atoms with Gasteiger partial charge in [-0.25, -0.2) is 0 Å². The predicted molar refractivity (Wildman–Crippen MR) is 222 cm³/mol. The number of aliphatic hydroxyl groups is 3. The molecule has 0 aromatic heterocycles. The van der Waals surface area contributed by atoms with Crippen molar-refractivity contribution in [2.45, 2.75) is 257 Å². The molecule has 5 heteroatoms. The summed E-state index contributed by atoms with van der Waals surface area (Å²) in [6, 6.07) is -0.825. The van der Waals surface area contributed by atoms with Crippen LogP contribution >= 0.6 is 0 Å². The number of rotatable bonds is 41. The quantitative estimate of drug-likeness (QED) is 0.0374. The van der Waals surface area contributed by atoms with E-state index in [1.54, 1.807) is 0 Å². The van der Waals surface area contributed by atoms with Crippen molar-refractivity contribution in [1.29, 1.82) is 0 Å². The topological polar surface area (TPSA) is 89.8 Å². The van der Waals surface area contributed by atoms with Crippen LogP contribution in [-0.2, 0) is 4.79 Å². The van der Waals surface area contributed by atoms with Crippen LogP contribution in [0.4, 0.5) is 0 Å². The summed E-state index contributed by atoms with van der Waals surface area (Å²) in [6.07, 6.45) is 50.1. The molecule has 4 N–H and O–H groups in total. The van der Waals surface area contributed by atoms with Crippen molar-refractivity contribution in [1.82, 2.24) is 5.32 Å². The van der Waals surface area contributed by atoms with Crippen molar-refractivity contribution in [3.05, 3.63) is 24.3 Å². The Bertz CT molecular complexity index is 754. The number of carbonyl (C=O) groups is 1. The maximum absolute atomic E-state index is 12.4. The van der Waals surface area contributed by atoms with Crippen LogP contribution in [0.15, 0.2) is 24.3 Å². The van der Waals surface area contributed by atoms with Crippen molar-refractivity contribution in [2.75, 3.05) is 6.61 Å². The average molecular weight is 720 g/mol. The van der Waals surface area contributed by atoms with E-state index < -0.39 is 18.2 Å². The number of carbonyl (C=O) groups excluding carboxylic acids is 1. The summed E-state index contributed by atoms with van der Waals surface area (Å²) in [4.78, 5) is 12.4. The fourth-order valence-electron chi connectivity index (χ4n) is 6.98. The maximum Gasteiger partial charge on any atom is 0.220 e. The Labute approximate surface area is 318 Å². The molecule has 0 aromatic rings. The van der Waals surface area contributed by atoms with Crippen LogP contribution in [0.3, 0.4) is 0 Å². The Morgan fingerprint density at radius 3 is 1.14 bits per heavy atom. The highest BCUT2D eigenvalue weighted by molar-refractivity contribution is 5.76. The highest BCUT2D eigenvalue weighted by atomic mass is 16.3. The van der Waals surface area contributed by atoms with E-state index in [1.165, 1.54) is 173 Å². The third-order valence-corrected chi connectivity index (χ3v) is 10.5. The molecule has 0 heterocycles. The van der Waals surface area contributed by atoms with Gasteiger partial charge in [-0.1, -0.05) is 192 Å². The minimum absolute atomic E-state index is 0.156. The van der Waals surface area contributed by atoms with Crippen molar-refractivity contribution >= 4 is 5.91 Å². The van der Waals surface area contributed by atoms with Gasteiger partial charge in [0.1, 0.15) is 6.10 Å². The minimum atomic E-state index is -1.16. The average Bonchev–Trinajstić information content (AvgIpc) is 3.13. The standard InChI is InChI=1S/C46H89NO4/c1-3-5-7-9-11-13-15-17-18-19-20-21-22-23-24-25-26-27-29-31-33-35-37-39-41-45(50)47-43(42-48)46(51)44(49)40-38-36-34-32-30-28-16-14-12-10-8-6-4-2/h23-24,32,34,43-44,46,48-49,51H,3-22,25-31,33,35-42H2,1-2H3,(H,47,50)/b24-23-,34-32+. The third kappa shape index (κ3) is 37.0. The normalized spacial score (nSPS) is 13.7. The number of hydrogen-bond donors (Lipinski definition) is 4. The van der Waals surface area contributed by atoms with E-state index in [-0.39, 0.29) is 12.5 Å². The summed E-state index contributed by atoms with van der Waals surface area (Å²) in [7, 11) is 0. The first-order valence-corrected chi connectivity index (χ1v) is 22.6. The van der Waals surface area contributed by atoms with E-state index in [2.05, 4.69) is 43.5 Å². The zero-order valence-electron chi connectivity index (χ0n) is 34.2. The lowest BCUT2D eigenvalue weighted by atomic mass is 10.0. The highest BCUT2D eigenvalue weighted by Gasteiger charge is 2.26. The molecule has 0 aliphatic rings. The van der Waals surface area contributed by atoms with Crippen molar-refractivity contribution in [3.8, 4) is 0 Å². The molecule has 5 nitrogen and oxygen atoms in total. The molecule has 51 heavy (non-hydrogen) atoms. The van der Waals surface area contributed by atoms with Crippen LogP contribution in [-0.4, -0.2) is 46.1 Å². The first-order valence-electron chi connectivity index (χ1n) is 22.6. The van der Waals surface area contributed by atoms with E-state index >= 15 is 0 Å². The molecule has 1 amide bonds. The van der Waals surface area contributed by atoms with Gasteiger partial charge < -0.3 is 20.6 Å². The Morgan fingerprint density at radius 2 is 0.784 bits per heavy atom. The Hall–Kier alpha value is -1.17. The molecule has 0 saturated heterocycles. The van der Waals surface area contributed by atoms with Gasteiger partial charge in [-0.05, 0) is 64.2 Å². The first-order chi connectivity index (χ1) is 25.1. The molecule has 0 saturated carbocycles. The molecule has 0 aromatic carbocycles. The van der Waals surface area contributed by atoms with Crippen molar-refractivity contribution < 1.29 is 20.1 Å². The smallest absolute Gasteiger partial charge is 0.220 e. The van der Waals surface area contributed by atoms with Gasteiger partial charge in [0.25, 0.3) is 0 Å². The van der Waals surface area contributed by atoms with E-state index in [9.17, 15) is 20.1 Å². The molecule has 302 valence electrons. The molecule has 3 unspecified atom stereocenters. The lowest BCUT2D eigenvalue weighted by molar-refractivity contribution is -0.124. The summed E-state index contributed by atoms with van der Waals surface area (Å²) >= 11 is 0. The van der Waals surface area contributed by atoms with Crippen LogP contribution in [0.2, 0.25) is 0 Å². The van der Waals surface area contributed by atoms with Crippen molar-refractivity contribution in [3.63, 3.8) is 0 Å². The second-order valence-electron chi connectivity index (χ2n) is 15.6. The number of amides is 1. The van der Waals surface area contributed by atoms with E-state index in [0.29, 0.717) is 12.8 Å². The Morgan fingerprint density at radius 1 is 0.471 bits per heavy atom. The first kappa shape index (κ1) is 49.8. The number of hydrogen-bond acceptors (Lipinski definition) is 4. The summed E-state index contributed by atoms with van der Waals surface area (Å²) in [5.41, 5.74) is 0. The zero-order chi connectivity index (χ0) is 37.3. The van der Waals surface area contributed by atoms with Crippen molar-refractivity contribution in [2.24, 2.45) is 0 Å². The van der Waals surface area contributed by atoms with Gasteiger partial charge in [-0.2, -0.15) is 0 Å². The van der Waals surface area contributed by atoms with Gasteiger partial charge in [-0.3, -0.25) is 4.79 Å². The zero-order valence-corrected chi connectivity index (χ0v) is 34.2. The molecule has 0 rings (SSSR count). The number of allylic oxidation sites excluding steroid dienone is 4. The van der Waals surface area contributed by atoms with Gasteiger partial charge in [0.05, 0.1) is 18.8 Å². The van der Waals surface area contributed by atoms with Crippen LogP contribution in [0, 0.1) is 0 Å². The molecule has 0 bridgehead atoms. The summed E-state index contributed by atoms with van der Waals surface area (Å²) < 4.78 is 0. The fourth-order valence-corrected chi connectivity index (χ4v) is 6.98. The molecular weight excluding hydrogens is 631 g/mol. The van der Waals surface area contributed by atoms with Gasteiger partial charge >= 0.3 is 0 Å². The second-order valence-corrected chi connectivity index (χ2v) is 15.6. The molecule has 0 spiro atoms. The monoisotopic (exact) mass is 720 g/mol. The van der Waals surface area contributed by atoms with Crippen LogP contribution in [0.25, 0.3) is 0 Å². The lowest BCUT2D eigenvalue weighted by Crippen LogP contribution is -2.50. The highest BCUT2D eigenvalue weighted by Crippen LogP contribution is 2.15. The van der Waals surface area contributed by atoms with E-state index in [4.69, 9.17) is 0 Å². The molecular formula is C46H89NO4. The van der Waals surface area contributed by atoms with Gasteiger partial charge in [0, 0.05) is 6.42 Å². The fraction of sp³-hybridized carbons (Fsp3) is 0.891. The lowest BCUT2D eigenvalue weighted by Gasteiger charge is -2.26. The summed E-state index contributed by atoms with van der Waals surface area (Å²) in [5, 5.41) is 33.5. The minimum Gasteiger partial charge on any atom is -0.394 e. The summed E-state index contributed by atoms with van der Waals surface area (Å²) in [5.74, 6) is -0.156. The van der Waals surface area contributed by atoms with Gasteiger partial charge in [0.15, 0.2) is 0 Å². The number of unbranched alkanes of at least 4 members (excludes halogenated alkanes) is 29.